The van der Waals surface area contributed by atoms with Gasteiger partial charge in [0.25, 0.3) is 5.91 Å². The van der Waals surface area contributed by atoms with Gasteiger partial charge in [0.1, 0.15) is 11.8 Å². The number of nitrogens with zero attached hydrogens (tertiary/aromatic N) is 1. The number of benzene rings is 3. The molecule has 0 aromatic heterocycles. The molecule has 3 aromatic carbocycles. The smallest absolute Gasteiger partial charge is 0.261 e. The highest BCUT2D eigenvalue weighted by molar-refractivity contribution is 14.1. The van der Waals surface area contributed by atoms with Gasteiger partial charge < -0.3 is 15.0 Å². The van der Waals surface area contributed by atoms with E-state index < -0.39 is 6.04 Å². The maximum absolute atomic E-state index is 13.5. The molecule has 8 heteroatoms. The fourth-order valence-electron chi connectivity index (χ4n) is 3.51. The maximum Gasteiger partial charge on any atom is 0.261 e. The minimum Gasteiger partial charge on any atom is -0.484 e. The van der Waals surface area contributed by atoms with E-state index >= 15 is 0 Å². The van der Waals surface area contributed by atoms with Crippen molar-refractivity contribution in [3.05, 3.63) is 97.5 Å². The Kier molecular flexibility index (Phi) is 10.7. The predicted molar refractivity (Wildman–Crippen MR) is 149 cm³/mol. The van der Waals surface area contributed by atoms with Crippen LogP contribution in [0.2, 0.25) is 10.0 Å². The zero-order chi connectivity index (χ0) is 25.2. The van der Waals surface area contributed by atoms with E-state index in [-0.39, 0.29) is 25.0 Å². The van der Waals surface area contributed by atoms with Crippen molar-refractivity contribution in [2.75, 3.05) is 13.2 Å². The van der Waals surface area contributed by atoms with Gasteiger partial charge in [0.05, 0.1) is 10.0 Å². The average Bonchev–Trinajstić information content (AvgIpc) is 2.86. The van der Waals surface area contributed by atoms with Crippen molar-refractivity contribution >= 4 is 57.6 Å². The summed E-state index contributed by atoms with van der Waals surface area (Å²) in [4.78, 5) is 28.4. The third-order valence-corrected chi connectivity index (χ3v) is 6.79. The predicted octanol–water partition coefficient (Wildman–Crippen LogP) is 6.14. The van der Waals surface area contributed by atoms with Crippen LogP contribution < -0.4 is 10.1 Å². The van der Waals surface area contributed by atoms with Crippen LogP contribution in [0.3, 0.4) is 0 Å². The van der Waals surface area contributed by atoms with Gasteiger partial charge in [-0.05, 0) is 76.5 Å². The van der Waals surface area contributed by atoms with Crippen LogP contribution in [0.25, 0.3) is 0 Å². The van der Waals surface area contributed by atoms with Crippen LogP contribution in [0.1, 0.15) is 24.5 Å². The summed E-state index contributed by atoms with van der Waals surface area (Å²) >= 11 is 14.5. The Hall–Kier alpha value is -2.29. The third kappa shape index (κ3) is 8.40. The zero-order valence-corrected chi connectivity index (χ0v) is 23.0. The molecule has 0 aliphatic rings. The fraction of sp³-hybridized carbons (Fsp3) is 0.259. The van der Waals surface area contributed by atoms with Crippen LogP contribution in [-0.4, -0.2) is 35.9 Å². The Balaban J connectivity index is 1.90. The maximum atomic E-state index is 13.5. The van der Waals surface area contributed by atoms with Crippen LogP contribution >= 0.6 is 45.8 Å². The minimum atomic E-state index is -0.730. The number of halogens is 3. The van der Waals surface area contributed by atoms with Gasteiger partial charge in [-0.1, -0.05) is 66.5 Å². The molecule has 0 saturated carbocycles. The molecule has 0 bridgehead atoms. The molecular weight excluding hydrogens is 598 g/mol. The lowest BCUT2D eigenvalue weighted by atomic mass is 10.0. The molecule has 0 aliphatic carbocycles. The minimum absolute atomic E-state index is 0.183. The fourth-order valence-corrected chi connectivity index (χ4v) is 4.19. The number of ether oxygens (including phenoxy) is 1. The van der Waals surface area contributed by atoms with Crippen molar-refractivity contribution in [2.45, 2.75) is 32.4 Å². The van der Waals surface area contributed by atoms with Crippen molar-refractivity contribution in [1.29, 1.82) is 0 Å². The first kappa shape index (κ1) is 27.3. The molecule has 5 nitrogen and oxygen atoms in total. The highest BCUT2D eigenvalue weighted by Gasteiger charge is 2.30. The number of hydrogen-bond donors (Lipinski definition) is 1. The molecule has 35 heavy (non-hydrogen) atoms. The molecule has 0 radical (unpaired) electrons. The topological polar surface area (TPSA) is 58.6 Å². The number of rotatable bonds is 11. The number of hydrogen-bond acceptors (Lipinski definition) is 3. The van der Waals surface area contributed by atoms with E-state index in [9.17, 15) is 9.59 Å². The second kappa shape index (κ2) is 13.7. The summed E-state index contributed by atoms with van der Waals surface area (Å²) in [6, 6.07) is 21.6. The summed E-state index contributed by atoms with van der Waals surface area (Å²) in [5.74, 6) is 0.0730. The molecule has 1 atom stereocenters. The summed E-state index contributed by atoms with van der Waals surface area (Å²) in [5.41, 5.74) is 1.72. The Morgan fingerprint density at radius 1 is 0.971 bits per heavy atom. The Morgan fingerprint density at radius 3 is 2.34 bits per heavy atom. The summed E-state index contributed by atoms with van der Waals surface area (Å²) in [6.45, 7) is 2.50. The molecule has 0 heterocycles. The van der Waals surface area contributed by atoms with E-state index in [4.69, 9.17) is 27.9 Å². The Labute approximate surface area is 229 Å². The second-order valence-electron chi connectivity index (χ2n) is 8.01. The lowest BCUT2D eigenvalue weighted by molar-refractivity contribution is -0.142. The van der Waals surface area contributed by atoms with Gasteiger partial charge in [0.2, 0.25) is 5.91 Å². The van der Waals surface area contributed by atoms with Crippen molar-refractivity contribution in [3.8, 4) is 5.75 Å². The molecule has 0 saturated heterocycles. The Bertz CT molecular complexity index is 1130. The van der Waals surface area contributed by atoms with E-state index in [0.29, 0.717) is 28.8 Å². The summed E-state index contributed by atoms with van der Waals surface area (Å²) in [7, 11) is 0. The summed E-state index contributed by atoms with van der Waals surface area (Å²) in [6.07, 6.45) is 1.16. The van der Waals surface area contributed by atoms with Crippen LogP contribution in [0.15, 0.2) is 72.8 Å². The van der Waals surface area contributed by atoms with E-state index in [1.807, 2.05) is 61.5 Å². The third-order valence-electron chi connectivity index (χ3n) is 5.33. The summed E-state index contributed by atoms with van der Waals surface area (Å²) in [5, 5.41) is 3.77. The molecule has 0 aliphatic heterocycles. The van der Waals surface area contributed by atoms with Crippen molar-refractivity contribution < 1.29 is 14.3 Å². The van der Waals surface area contributed by atoms with Crippen LogP contribution in [0.5, 0.6) is 5.75 Å². The van der Waals surface area contributed by atoms with Crippen molar-refractivity contribution in [2.24, 2.45) is 0 Å². The van der Waals surface area contributed by atoms with Gasteiger partial charge in [-0.15, -0.1) is 0 Å². The Morgan fingerprint density at radius 2 is 1.69 bits per heavy atom. The van der Waals surface area contributed by atoms with E-state index in [0.717, 1.165) is 21.1 Å². The van der Waals surface area contributed by atoms with Gasteiger partial charge in [-0.25, -0.2) is 0 Å². The number of nitrogens with one attached hydrogen (secondary N) is 1. The number of carbonyl (C=O) groups is 2. The van der Waals surface area contributed by atoms with Gasteiger partial charge in [0, 0.05) is 23.1 Å². The van der Waals surface area contributed by atoms with E-state index in [1.165, 1.54) is 0 Å². The summed E-state index contributed by atoms with van der Waals surface area (Å²) < 4.78 is 6.84. The van der Waals surface area contributed by atoms with Gasteiger partial charge in [-0.2, -0.15) is 0 Å². The van der Waals surface area contributed by atoms with E-state index in [1.54, 1.807) is 23.1 Å². The van der Waals surface area contributed by atoms with Gasteiger partial charge >= 0.3 is 0 Å². The largest absolute Gasteiger partial charge is 0.484 e. The molecular formula is C27H27Cl2IN2O3. The lowest BCUT2D eigenvalue weighted by Crippen LogP contribution is -2.51. The normalized spacial score (nSPS) is 11.5. The number of amides is 2. The molecule has 0 unspecified atom stereocenters. The molecule has 184 valence electrons. The van der Waals surface area contributed by atoms with Crippen LogP contribution in [0.4, 0.5) is 0 Å². The SMILES string of the molecule is CCCNC(=O)[C@H](Cc1ccccc1)N(Cc1ccc(Cl)c(Cl)c1)C(=O)COc1ccc(I)cc1. The number of carbonyl (C=O) groups excluding carboxylic acids is 2. The van der Waals surface area contributed by atoms with Crippen molar-refractivity contribution in [3.63, 3.8) is 0 Å². The highest BCUT2D eigenvalue weighted by atomic mass is 127. The van der Waals surface area contributed by atoms with Crippen LogP contribution in [-0.2, 0) is 22.6 Å². The average molecular weight is 625 g/mol. The van der Waals surface area contributed by atoms with Crippen LogP contribution in [0, 0.1) is 3.57 Å². The molecule has 0 spiro atoms. The molecule has 0 fully saturated rings. The molecule has 3 aromatic rings. The second-order valence-corrected chi connectivity index (χ2v) is 10.1. The first-order valence-corrected chi connectivity index (χ1v) is 13.1. The van der Waals surface area contributed by atoms with E-state index in [2.05, 4.69) is 27.9 Å². The molecule has 2 amide bonds. The first-order chi connectivity index (χ1) is 16.9. The first-order valence-electron chi connectivity index (χ1n) is 11.3. The monoisotopic (exact) mass is 624 g/mol. The van der Waals surface area contributed by atoms with Gasteiger partial charge in [-0.3, -0.25) is 9.59 Å². The van der Waals surface area contributed by atoms with Crippen molar-refractivity contribution in [1.82, 2.24) is 10.2 Å². The molecule has 1 N–H and O–H groups in total. The molecule has 3 rings (SSSR count). The highest BCUT2D eigenvalue weighted by Crippen LogP contribution is 2.24. The quantitative estimate of drug-likeness (QED) is 0.261. The standard InChI is InChI=1S/C27H27Cl2IN2O3/c1-2-14-31-27(34)25(16-19-6-4-3-5-7-19)32(17-20-8-13-23(28)24(29)15-20)26(33)18-35-22-11-9-21(30)10-12-22/h3-13,15,25H,2,14,16-18H2,1H3,(H,31,34)/t25-/m0/s1. The van der Waals surface area contributed by atoms with Gasteiger partial charge in [0.15, 0.2) is 6.61 Å². The lowest BCUT2D eigenvalue weighted by Gasteiger charge is -2.31. The zero-order valence-electron chi connectivity index (χ0n) is 19.3.